The summed E-state index contributed by atoms with van der Waals surface area (Å²) in [5, 5.41) is 17.4. The van der Waals surface area contributed by atoms with Crippen LogP contribution in [0.1, 0.15) is 21.5 Å². The number of carbonyl (C=O) groups is 2. The quantitative estimate of drug-likeness (QED) is 0.319. The number of benzene rings is 3. The third kappa shape index (κ3) is 6.49. The molecule has 0 saturated heterocycles. The van der Waals surface area contributed by atoms with Gasteiger partial charge in [-0.2, -0.15) is 5.10 Å². The standard InChI is InChI=1S/C23H20N4O5/c1-16-5-2-8-19(11-16)25-22(28)15-32-21-10-3-6-17(12-21)14-24-26-23(29)18-7-4-9-20(13-18)27(30)31/h2-14H,15H2,1H3,(H,25,28)(H,26,29)/b24-14+. The summed E-state index contributed by atoms with van der Waals surface area (Å²) in [6, 6.07) is 19.6. The number of hydrazone groups is 1. The second-order valence-electron chi connectivity index (χ2n) is 6.79. The topological polar surface area (TPSA) is 123 Å². The lowest BCUT2D eigenvalue weighted by Crippen LogP contribution is -2.20. The largest absolute Gasteiger partial charge is 0.484 e. The third-order valence-electron chi connectivity index (χ3n) is 4.23. The molecule has 32 heavy (non-hydrogen) atoms. The molecule has 0 atom stereocenters. The zero-order valence-electron chi connectivity index (χ0n) is 17.1. The Morgan fingerprint density at radius 3 is 2.62 bits per heavy atom. The van der Waals surface area contributed by atoms with Gasteiger partial charge in [0.1, 0.15) is 5.75 Å². The van der Waals surface area contributed by atoms with Gasteiger partial charge in [-0.1, -0.05) is 30.3 Å². The minimum atomic E-state index is -0.579. The van der Waals surface area contributed by atoms with Crippen LogP contribution in [-0.4, -0.2) is 29.6 Å². The van der Waals surface area contributed by atoms with E-state index in [1.807, 2.05) is 25.1 Å². The fourth-order valence-corrected chi connectivity index (χ4v) is 2.74. The van der Waals surface area contributed by atoms with E-state index in [2.05, 4.69) is 15.8 Å². The van der Waals surface area contributed by atoms with Crippen molar-refractivity contribution < 1.29 is 19.2 Å². The molecular formula is C23H20N4O5. The fourth-order valence-electron chi connectivity index (χ4n) is 2.74. The average molecular weight is 432 g/mol. The molecule has 3 aromatic rings. The smallest absolute Gasteiger partial charge is 0.271 e. The maximum absolute atomic E-state index is 12.1. The summed E-state index contributed by atoms with van der Waals surface area (Å²) < 4.78 is 5.52. The molecule has 0 radical (unpaired) electrons. The van der Waals surface area contributed by atoms with Crippen LogP contribution in [0.25, 0.3) is 0 Å². The van der Waals surface area contributed by atoms with E-state index in [-0.39, 0.29) is 23.8 Å². The van der Waals surface area contributed by atoms with Gasteiger partial charge in [-0.05, 0) is 48.4 Å². The summed E-state index contributed by atoms with van der Waals surface area (Å²) in [7, 11) is 0. The zero-order valence-corrected chi connectivity index (χ0v) is 17.1. The van der Waals surface area contributed by atoms with Gasteiger partial charge in [-0.3, -0.25) is 19.7 Å². The number of hydrogen-bond donors (Lipinski definition) is 2. The summed E-state index contributed by atoms with van der Waals surface area (Å²) in [6.07, 6.45) is 1.40. The number of amides is 2. The molecule has 0 saturated carbocycles. The van der Waals surface area contributed by atoms with Crippen LogP contribution in [0.4, 0.5) is 11.4 Å². The van der Waals surface area contributed by atoms with E-state index in [0.29, 0.717) is 17.0 Å². The fraction of sp³-hybridized carbons (Fsp3) is 0.0870. The number of ether oxygens (including phenoxy) is 1. The van der Waals surface area contributed by atoms with E-state index < -0.39 is 10.8 Å². The third-order valence-corrected chi connectivity index (χ3v) is 4.23. The predicted molar refractivity (Wildman–Crippen MR) is 120 cm³/mol. The normalized spacial score (nSPS) is 10.5. The molecule has 0 fully saturated rings. The molecule has 9 nitrogen and oxygen atoms in total. The molecule has 0 heterocycles. The molecule has 0 aliphatic heterocycles. The number of nitro groups is 1. The second kappa shape index (κ2) is 10.5. The van der Waals surface area contributed by atoms with Crippen molar-refractivity contribution in [1.29, 1.82) is 0 Å². The van der Waals surface area contributed by atoms with Gasteiger partial charge in [0.25, 0.3) is 17.5 Å². The van der Waals surface area contributed by atoms with Gasteiger partial charge in [-0.25, -0.2) is 5.43 Å². The van der Waals surface area contributed by atoms with E-state index in [9.17, 15) is 19.7 Å². The van der Waals surface area contributed by atoms with Gasteiger partial charge in [0, 0.05) is 23.4 Å². The molecule has 0 bridgehead atoms. The van der Waals surface area contributed by atoms with Crippen molar-refractivity contribution in [3.8, 4) is 5.75 Å². The van der Waals surface area contributed by atoms with Crippen LogP contribution in [0.5, 0.6) is 5.75 Å². The number of carbonyl (C=O) groups excluding carboxylic acids is 2. The van der Waals surface area contributed by atoms with Crippen LogP contribution in [0.15, 0.2) is 77.9 Å². The Morgan fingerprint density at radius 1 is 1.06 bits per heavy atom. The summed E-state index contributed by atoms with van der Waals surface area (Å²) >= 11 is 0. The van der Waals surface area contributed by atoms with E-state index in [4.69, 9.17) is 4.74 Å². The molecule has 162 valence electrons. The maximum atomic E-state index is 12.1. The van der Waals surface area contributed by atoms with Crippen LogP contribution in [0.3, 0.4) is 0 Å². The highest BCUT2D eigenvalue weighted by Gasteiger charge is 2.10. The molecule has 0 aliphatic rings. The lowest BCUT2D eigenvalue weighted by molar-refractivity contribution is -0.384. The molecule has 3 aromatic carbocycles. The van der Waals surface area contributed by atoms with Crippen LogP contribution >= 0.6 is 0 Å². The van der Waals surface area contributed by atoms with Gasteiger partial charge in [0.2, 0.25) is 0 Å². The second-order valence-corrected chi connectivity index (χ2v) is 6.79. The molecule has 2 amide bonds. The van der Waals surface area contributed by atoms with Gasteiger partial charge < -0.3 is 10.1 Å². The van der Waals surface area contributed by atoms with E-state index in [1.165, 1.54) is 30.5 Å². The highest BCUT2D eigenvalue weighted by molar-refractivity contribution is 5.95. The van der Waals surface area contributed by atoms with Crippen molar-refractivity contribution in [2.75, 3.05) is 11.9 Å². The SMILES string of the molecule is Cc1cccc(NC(=O)COc2cccc(/C=N/NC(=O)c3cccc([N+](=O)[O-])c3)c2)c1. The number of rotatable bonds is 8. The minimum Gasteiger partial charge on any atom is -0.484 e. The Balaban J connectivity index is 1.53. The lowest BCUT2D eigenvalue weighted by atomic mass is 10.2. The summed E-state index contributed by atoms with van der Waals surface area (Å²) in [5.74, 6) is -0.414. The van der Waals surface area contributed by atoms with Crippen molar-refractivity contribution in [3.63, 3.8) is 0 Å². The van der Waals surface area contributed by atoms with Crippen LogP contribution < -0.4 is 15.5 Å². The van der Waals surface area contributed by atoms with Crippen molar-refractivity contribution >= 4 is 29.4 Å². The van der Waals surface area contributed by atoms with E-state index >= 15 is 0 Å². The van der Waals surface area contributed by atoms with Crippen molar-refractivity contribution in [2.24, 2.45) is 5.10 Å². The van der Waals surface area contributed by atoms with E-state index in [1.54, 1.807) is 30.3 Å². The van der Waals surface area contributed by atoms with Gasteiger partial charge in [0.05, 0.1) is 11.1 Å². The Hall–Kier alpha value is -4.53. The van der Waals surface area contributed by atoms with Gasteiger partial charge in [0.15, 0.2) is 6.61 Å². The van der Waals surface area contributed by atoms with Crippen molar-refractivity contribution in [1.82, 2.24) is 5.43 Å². The molecule has 0 aliphatic carbocycles. The average Bonchev–Trinajstić information content (AvgIpc) is 2.78. The summed E-state index contributed by atoms with van der Waals surface area (Å²) in [5.41, 5.74) is 4.61. The predicted octanol–water partition coefficient (Wildman–Crippen LogP) is 3.68. The highest BCUT2D eigenvalue weighted by Crippen LogP contribution is 2.14. The Labute approximate surface area is 183 Å². The number of nitrogens with one attached hydrogen (secondary N) is 2. The van der Waals surface area contributed by atoms with Gasteiger partial charge >= 0.3 is 0 Å². The first kappa shape index (κ1) is 22.2. The lowest BCUT2D eigenvalue weighted by Gasteiger charge is -2.08. The van der Waals surface area contributed by atoms with Crippen LogP contribution in [0.2, 0.25) is 0 Å². The first-order valence-corrected chi connectivity index (χ1v) is 9.58. The Bertz CT molecular complexity index is 1180. The minimum absolute atomic E-state index is 0.119. The maximum Gasteiger partial charge on any atom is 0.271 e. The van der Waals surface area contributed by atoms with Crippen LogP contribution in [-0.2, 0) is 4.79 Å². The first-order valence-electron chi connectivity index (χ1n) is 9.58. The van der Waals surface area contributed by atoms with Crippen molar-refractivity contribution in [3.05, 3.63) is 99.6 Å². The molecule has 0 spiro atoms. The number of aryl methyl sites for hydroxylation is 1. The number of non-ortho nitro benzene ring substituents is 1. The molecule has 2 N–H and O–H groups in total. The van der Waals surface area contributed by atoms with Crippen LogP contribution in [0, 0.1) is 17.0 Å². The Kier molecular flexibility index (Phi) is 7.26. The Morgan fingerprint density at radius 2 is 1.84 bits per heavy atom. The molecule has 3 rings (SSSR count). The summed E-state index contributed by atoms with van der Waals surface area (Å²) in [6.45, 7) is 1.77. The molecular weight excluding hydrogens is 412 g/mol. The van der Waals surface area contributed by atoms with Crippen molar-refractivity contribution in [2.45, 2.75) is 6.92 Å². The summed E-state index contributed by atoms with van der Waals surface area (Å²) in [4.78, 5) is 34.4. The molecule has 0 aromatic heterocycles. The zero-order chi connectivity index (χ0) is 22.9. The highest BCUT2D eigenvalue weighted by atomic mass is 16.6. The molecule has 0 unspecified atom stereocenters. The molecule has 9 heteroatoms. The monoisotopic (exact) mass is 432 g/mol. The first-order chi connectivity index (χ1) is 15.4. The number of nitrogens with zero attached hydrogens (tertiary/aromatic N) is 2. The van der Waals surface area contributed by atoms with Gasteiger partial charge in [-0.15, -0.1) is 0 Å². The number of anilines is 1. The van der Waals surface area contributed by atoms with E-state index in [0.717, 1.165) is 5.56 Å². The number of hydrogen-bond acceptors (Lipinski definition) is 6. The number of nitro benzene ring substituents is 1.